The van der Waals surface area contributed by atoms with Crippen LogP contribution < -0.4 is 14.8 Å². The molecule has 0 saturated carbocycles. The molecule has 3 atom stereocenters. The number of hydrogen-bond acceptors (Lipinski definition) is 5. The Morgan fingerprint density at radius 2 is 1.70 bits per heavy atom. The minimum atomic E-state index is -1.32. The van der Waals surface area contributed by atoms with Gasteiger partial charge in [-0.25, -0.2) is 0 Å². The molecule has 8 nitrogen and oxygen atoms in total. The van der Waals surface area contributed by atoms with Gasteiger partial charge in [-0.15, -0.1) is 0 Å². The number of carboxylic acid groups (broad SMARTS) is 1. The average Bonchev–Trinajstić information content (AvgIpc) is 2.97. The molecule has 0 aromatic heterocycles. The Balaban J connectivity index is 1.54. The molecule has 2 amide bonds. The summed E-state index contributed by atoms with van der Waals surface area (Å²) in [5.74, 6) is -1.86. The molecule has 6 rings (SSSR count). The second-order valence-corrected chi connectivity index (χ2v) is 10.1. The molecular weight excluding hydrogens is 508 g/mol. The number of rotatable bonds is 5. The van der Waals surface area contributed by atoms with E-state index in [0.29, 0.717) is 41.4 Å². The zero-order valence-corrected chi connectivity index (χ0v) is 21.9. The van der Waals surface area contributed by atoms with E-state index in [-0.39, 0.29) is 18.2 Å². The van der Waals surface area contributed by atoms with E-state index in [1.54, 1.807) is 48.5 Å². The van der Waals surface area contributed by atoms with E-state index in [9.17, 15) is 19.5 Å². The Hall–Kier alpha value is -4.85. The first-order chi connectivity index (χ1) is 19.4. The summed E-state index contributed by atoms with van der Waals surface area (Å²) in [7, 11) is 0. The van der Waals surface area contributed by atoms with Crippen molar-refractivity contribution < 1.29 is 29.0 Å². The van der Waals surface area contributed by atoms with E-state index in [0.717, 1.165) is 11.1 Å². The van der Waals surface area contributed by atoms with Gasteiger partial charge in [-0.1, -0.05) is 66.7 Å². The van der Waals surface area contributed by atoms with Crippen molar-refractivity contribution in [1.29, 1.82) is 0 Å². The van der Waals surface area contributed by atoms with Crippen LogP contribution in [-0.4, -0.2) is 46.7 Å². The molecule has 3 aromatic carbocycles. The summed E-state index contributed by atoms with van der Waals surface area (Å²) in [5.41, 5.74) is 1.90. The molecule has 2 aliphatic heterocycles. The third kappa shape index (κ3) is 4.31. The molecule has 3 aromatic rings. The van der Waals surface area contributed by atoms with Crippen molar-refractivity contribution in [3.8, 4) is 11.5 Å². The van der Waals surface area contributed by atoms with Crippen LogP contribution >= 0.6 is 0 Å². The summed E-state index contributed by atoms with van der Waals surface area (Å²) in [4.78, 5) is 41.5. The van der Waals surface area contributed by atoms with Crippen molar-refractivity contribution >= 4 is 23.4 Å². The van der Waals surface area contributed by atoms with Gasteiger partial charge in [0.1, 0.15) is 24.8 Å². The van der Waals surface area contributed by atoms with Crippen molar-refractivity contribution in [2.24, 2.45) is 0 Å². The summed E-state index contributed by atoms with van der Waals surface area (Å²) in [6.07, 6.45) is 5.88. The fourth-order valence-electron chi connectivity index (χ4n) is 5.93. The second kappa shape index (κ2) is 10.0. The predicted octanol–water partition coefficient (Wildman–Crippen LogP) is 4.70. The van der Waals surface area contributed by atoms with Crippen LogP contribution in [0.1, 0.15) is 52.4 Å². The third-order valence-electron chi connectivity index (χ3n) is 7.61. The Morgan fingerprint density at radius 3 is 2.40 bits per heavy atom. The molecule has 1 aliphatic carbocycles. The Morgan fingerprint density at radius 1 is 0.975 bits per heavy atom. The highest BCUT2D eigenvalue weighted by Crippen LogP contribution is 2.49. The number of fused-ring (bicyclic) bond motifs is 2. The number of hydrogen-bond donors (Lipinski definition) is 2. The highest BCUT2D eigenvalue weighted by molar-refractivity contribution is 6.01. The van der Waals surface area contributed by atoms with Crippen LogP contribution in [0.2, 0.25) is 0 Å². The van der Waals surface area contributed by atoms with Gasteiger partial charge in [0.05, 0.1) is 6.04 Å². The van der Waals surface area contributed by atoms with Gasteiger partial charge in [0, 0.05) is 18.9 Å². The van der Waals surface area contributed by atoms with Crippen LogP contribution in [0.15, 0.2) is 91.0 Å². The number of carbonyl (C=O) groups excluding carboxylic acids is 2. The normalized spacial score (nSPS) is 23.2. The van der Waals surface area contributed by atoms with E-state index >= 15 is 0 Å². The lowest BCUT2D eigenvalue weighted by atomic mass is 9.77. The summed E-state index contributed by atoms with van der Waals surface area (Å²) in [6, 6.07) is 20.9. The summed E-state index contributed by atoms with van der Waals surface area (Å²) in [5, 5.41) is 13.6. The zero-order chi connectivity index (χ0) is 27.9. The van der Waals surface area contributed by atoms with Gasteiger partial charge in [-0.3, -0.25) is 14.4 Å². The van der Waals surface area contributed by atoms with E-state index in [4.69, 9.17) is 9.47 Å². The van der Waals surface area contributed by atoms with Gasteiger partial charge in [-0.2, -0.15) is 0 Å². The maximum Gasteiger partial charge on any atom is 0.313 e. The topological polar surface area (TPSA) is 105 Å². The maximum absolute atomic E-state index is 14.4. The fourth-order valence-corrected chi connectivity index (χ4v) is 5.93. The van der Waals surface area contributed by atoms with Gasteiger partial charge in [-0.05, 0) is 46.5 Å². The number of benzene rings is 3. The first-order valence-electron chi connectivity index (χ1n) is 13.2. The van der Waals surface area contributed by atoms with Gasteiger partial charge in [0.25, 0.3) is 5.91 Å². The molecular formula is C32H28N2O6. The highest BCUT2D eigenvalue weighted by Gasteiger charge is 2.52. The van der Waals surface area contributed by atoms with Crippen molar-refractivity contribution in [3.05, 3.63) is 113 Å². The molecule has 40 heavy (non-hydrogen) atoms. The van der Waals surface area contributed by atoms with Gasteiger partial charge < -0.3 is 24.8 Å². The molecule has 0 saturated heterocycles. The van der Waals surface area contributed by atoms with Crippen LogP contribution in [0.3, 0.4) is 0 Å². The lowest BCUT2D eigenvalue weighted by molar-refractivity contribution is -0.141. The summed E-state index contributed by atoms with van der Waals surface area (Å²) in [6.45, 7) is 2.17. The van der Waals surface area contributed by atoms with Crippen molar-refractivity contribution in [3.63, 3.8) is 0 Å². The number of nitrogens with zero attached hydrogens (tertiary/aromatic N) is 1. The molecule has 202 valence electrons. The lowest BCUT2D eigenvalue weighted by Crippen LogP contribution is -2.64. The number of carboxylic acids is 1. The molecule has 3 aliphatic rings. The summed E-state index contributed by atoms with van der Waals surface area (Å²) < 4.78 is 11.5. The SMILES string of the molecule is CC(=O)NC1(N2C(=O)c3ccccc3C(C(=O)O)C2c2ccc3c(c2)OCCO3)C=CC(c2ccccc2)=CC1. The van der Waals surface area contributed by atoms with E-state index in [1.165, 1.54) is 11.8 Å². The number of carbonyl (C=O) groups is 3. The number of nitrogens with one attached hydrogen (secondary N) is 1. The number of ether oxygens (including phenoxy) is 2. The molecule has 8 heteroatoms. The Bertz CT molecular complexity index is 1560. The van der Waals surface area contributed by atoms with E-state index < -0.39 is 23.6 Å². The molecule has 2 N–H and O–H groups in total. The molecule has 0 fully saturated rings. The van der Waals surface area contributed by atoms with Crippen LogP contribution in [0, 0.1) is 0 Å². The van der Waals surface area contributed by atoms with E-state index in [2.05, 4.69) is 5.32 Å². The largest absolute Gasteiger partial charge is 0.486 e. The monoisotopic (exact) mass is 536 g/mol. The van der Waals surface area contributed by atoms with Gasteiger partial charge in [0.15, 0.2) is 11.5 Å². The first kappa shape index (κ1) is 25.4. The Labute approximate surface area is 231 Å². The lowest BCUT2D eigenvalue weighted by Gasteiger charge is -2.51. The van der Waals surface area contributed by atoms with Gasteiger partial charge >= 0.3 is 5.97 Å². The number of amides is 2. The molecule has 0 radical (unpaired) electrons. The van der Waals surface area contributed by atoms with E-state index in [1.807, 2.05) is 42.5 Å². The van der Waals surface area contributed by atoms with Crippen LogP contribution in [0.4, 0.5) is 0 Å². The fraction of sp³-hybridized carbons (Fsp3) is 0.219. The van der Waals surface area contributed by atoms with Crippen LogP contribution in [-0.2, 0) is 9.59 Å². The molecule has 0 bridgehead atoms. The first-order valence-corrected chi connectivity index (χ1v) is 13.2. The maximum atomic E-state index is 14.4. The standard InChI is InChI=1S/C32H28N2O6/c1-20(35)33-32(15-13-22(14-16-32)21-7-3-2-4-8-21)34-29(23-11-12-26-27(19-23)40-18-17-39-26)28(31(37)38)24-9-5-6-10-25(24)30(34)36/h2-15,19,28-29H,16-18H2,1H3,(H,33,35)(H,37,38). The predicted molar refractivity (Wildman–Crippen MR) is 148 cm³/mol. The number of aliphatic carboxylic acids is 1. The number of allylic oxidation sites excluding steroid dienone is 2. The highest BCUT2D eigenvalue weighted by atomic mass is 16.6. The van der Waals surface area contributed by atoms with Crippen molar-refractivity contribution in [2.45, 2.75) is 31.0 Å². The molecule has 2 heterocycles. The van der Waals surface area contributed by atoms with Crippen LogP contribution in [0.25, 0.3) is 5.57 Å². The molecule has 3 unspecified atom stereocenters. The molecule has 0 spiro atoms. The quantitative estimate of drug-likeness (QED) is 0.490. The minimum absolute atomic E-state index is 0.245. The Kier molecular flexibility index (Phi) is 6.38. The van der Waals surface area contributed by atoms with Crippen molar-refractivity contribution in [1.82, 2.24) is 10.2 Å². The van der Waals surface area contributed by atoms with Gasteiger partial charge in [0.2, 0.25) is 5.91 Å². The summed E-state index contributed by atoms with van der Waals surface area (Å²) >= 11 is 0. The smallest absolute Gasteiger partial charge is 0.313 e. The minimum Gasteiger partial charge on any atom is -0.486 e. The van der Waals surface area contributed by atoms with Crippen molar-refractivity contribution in [2.75, 3.05) is 13.2 Å². The van der Waals surface area contributed by atoms with Crippen LogP contribution in [0.5, 0.6) is 11.5 Å². The zero-order valence-electron chi connectivity index (χ0n) is 21.9. The average molecular weight is 537 g/mol. The third-order valence-corrected chi connectivity index (χ3v) is 7.61. The second-order valence-electron chi connectivity index (χ2n) is 10.1.